The summed E-state index contributed by atoms with van der Waals surface area (Å²) in [6.45, 7) is 3.04. The van der Waals surface area contributed by atoms with Gasteiger partial charge >= 0.3 is 5.97 Å². The topological polar surface area (TPSA) is 77.3 Å². The van der Waals surface area contributed by atoms with Gasteiger partial charge in [-0.25, -0.2) is 4.79 Å². The van der Waals surface area contributed by atoms with E-state index >= 15 is 0 Å². The van der Waals surface area contributed by atoms with Crippen LogP contribution in [0.25, 0.3) is 11.4 Å². The second kappa shape index (κ2) is 9.75. The molecule has 0 spiro atoms. The molecule has 0 radical (unpaired) electrons. The Bertz CT molecular complexity index is 1130. The summed E-state index contributed by atoms with van der Waals surface area (Å²) in [6, 6.07) is 14.6. The van der Waals surface area contributed by atoms with Gasteiger partial charge in [-0.2, -0.15) is 0 Å². The first-order valence-electron chi connectivity index (χ1n) is 10.3. The number of thioether (sulfide) groups is 1. The maximum atomic E-state index is 13.2. The Morgan fingerprint density at radius 1 is 1.12 bits per heavy atom. The molecule has 0 N–H and O–H groups in total. The maximum Gasteiger partial charge on any atom is 0.328 e. The molecular formula is C23H23ClN4O3S. The SMILES string of the molecule is CCn1c(SCC(=O)N2Cc3ccccc3C[C@H]2C(=O)OC)nnc1-c1ccc(Cl)cc1. The zero-order valence-electron chi connectivity index (χ0n) is 17.8. The standard InChI is InChI=1S/C23H23ClN4O3S/c1-3-27-21(15-8-10-18(24)11-9-15)25-26-23(27)32-14-20(29)28-13-17-7-5-4-6-16(17)12-19(28)22(30)31-2/h4-11,19H,3,12-14H2,1-2H3/t19-/m0/s1. The van der Waals surface area contributed by atoms with E-state index in [1.807, 2.05) is 60.0 Å². The van der Waals surface area contributed by atoms with Gasteiger partial charge in [0.05, 0.1) is 12.9 Å². The van der Waals surface area contributed by atoms with E-state index < -0.39 is 12.0 Å². The van der Waals surface area contributed by atoms with Crippen LogP contribution in [0.1, 0.15) is 18.1 Å². The van der Waals surface area contributed by atoms with Crippen LogP contribution in [-0.2, 0) is 33.8 Å². The van der Waals surface area contributed by atoms with Crippen molar-refractivity contribution in [3.8, 4) is 11.4 Å². The van der Waals surface area contributed by atoms with E-state index in [4.69, 9.17) is 16.3 Å². The van der Waals surface area contributed by atoms with Gasteiger partial charge in [0, 0.05) is 30.1 Å². The van der Waals surface area contributed by atoms with Crippen molar-refractivity contribution in [3.05, 3.63) is 64.7 Å². The van der Waals surface area contributed by atoms with Crippen LogP contribution in [0.5, 0.6) is 0 Å². The average molecular weight is 471 g/mol. The van der Waals surface area contributed by atoms with Crippen LogP contribution in [0.15, 0.2) is 53.7 Å². The first kappa shape index (κ1) is 22.4. The Morgan fingerprint density at radius 3 is 2.53 bits per heavy atom. The molecule has 4 rings (SSSR count). The van der Waals surface area contributed by atoms with Crippen molar-refractivity contribution in [2.24, 2.45) is 0 Å². The Morgan fingerprint density at radius 2 is 1.84 bits per heavy atom. The summed E-state index contributed by atoms with van der Waals surface area (Å²) in [5, 5.41) is 9.91. The lowest BCUT2D eigenvalue weighted by Gasteiger charge is -2.35. The van der Waals surface area contributed by atoms with Crippen LogP contribution < -0.4 is 0 Å². The minimum Gasteiger partial charge on any atom is -0.467 e. The normalized spacial score (nSPS) is 15.3. The predicted molar refractivity (Wildman–Crippen MR) is 123 cm³/mol. The highest BCUT2D eigenvalue weighted by atomic mass is 35.5. The van der Waals surface area contributed by atoms with E-state index in [-0.39, 0.29) is 11.7 Å². The molecule has 0 bridgehead atoms. The van der Waals surface area contributed by atoms with Gasteiger partial charge < -0.3 is 14.2 Å². The van der Waals surface area contributed by atoms with Gasteiger partial charge in [0.15, 0.2) is 11.0 Å². The van der Waals surface area contributed by atoms with Crippen LogP contribution >= 0.6 is 23.4 Å². The first-order chi connectivity index (χ1) is 15.5. The van der Waals surface area contributed by atoms with Crippen molar-refractivity contribution >= 4 is 35.2 Å². The van der Waals surface area contributed by atoms with Crippen molar-refractivity contribution in [1.29, 1.82) is 0 Å². The highest BCUT2D eigenvalue weighted by Gasteiger charge is 2.35. The molecule has 0 fully saturated rings. The second-order valence-electron chi connectivity index (χ2n) is 7.38. The number of methoxy groups -OCH3 is 1. The number of halogens is 1. The second-order valence-corrected chi connectivity index (χ2v) is 8.76. The monoisotopic (exact) mass is 470 g/mol. The van der Waals surface area contributed by atoms with Crippen LogP contribution in [-0.4, -0.2) is 50.4 Å². The number of esters is 1. The molecule has 166 valence electrons. The van der Waals surface area contributed by atoms with Crippen molar-refractivity contribution in [1.82, 2.24) is 19.7 Å². The molecule has 1 amide bonds. The average Bonchev–Trinajstić information content (AvgIpc) is 3.24. The van der Waals surface area contributed by atoms with Gasteiger partial charge in [-0.05, 0) is 42.3 Å². The molecule has 0 aliphatic carbocycles. The molecule has 1 aromatic heterocycles. The van der Waals surface area contributed by atoms with Crippen LogP contribution in [0.4, 0.5) is 0 Å². The molecule has 9 heteroatoms. The van der Waals surface area contributed by atoms with Crippen molar-refractivity contribution in [3.63, 3.8) is 0 Å². The summed E-state index contributed by atoms with van der Waals surface area (Å²) in [5.74, 6) is 0.325. The van der Waals surface area contributed by atoms with E-state index in [9.17, 15) is 9.59 Å². The molecular weight excluding hydrogens is 448 g/mol. The fraction of sp³-hybridized carbons (Fsp3) is 0.304. The molecule has 2 aromatic carbocycles. The van der Waals surface area contributed by atoms with Gasteiger partial charge in [0.1, 0.15) is 6.04 Å². The smallest absolute Gasteiger partial charge is 0.328 e. The molecule has 32 heavy (non-hydrogen) atoms. The lowest BCUT2D eigenvalue weighted by molar-refractivity contribution is -0.153. The number of benzene rings is 2. The van der Waals surface area contributed by atoms with E-state index in [1.165, 1.54) is 18.9 Å². The lowest BCUT2D eigenvalue weighted by Crippen LogP contribution is -2.49. The van der Waals surface area contributed by atoms with Crippen LogP contribution in [0, 0.1) is 0 Å². The van der Waals surface area contributed by atoms with Crippen molar-refractivity contribution in [2.75, 3.05) is 12.9 Å². The third-order valence-electron chi connectivity index (χ3n) is 5.50. The summed E-state index contributed by atoms with van der Waals surface area (Å²) in [4.78, 5) is 27.1. The van der Waals surface area contributed by atoms with E-state index in [0.717, 1.165) is 22.5 Å². The number of hydrogen-bond donors (Lipinski definition) is 0. The summed E-state index contributed by atoms with van der Waals surface area (Å²) in [5.41, 5.74) is 3.02. The van der Waals surface area contributed by atoms with Gasteiger partial charge in [-0.15, -0.1) is 10.2 Å². The zero-order valence-corrected chi connectivity index (χ0v) is 19.4. The number of amides is 1. The Kier molecular flexibility index (Phi) is 6.81. The molecule has 1 atom stereocenters. The quantitative estimate of drug-likeness (QED) is 0.402. The largest absolute Gasteiger partial charge is 0.467 e. The van der Waals surface area contributed by atoms with Gasteiger partial charge in [0.2, 0.25) is 5.91 Å². The molecule has 0 unspecified atom stereocenters. The summed E-state index contributed by atoms with van der Waals surface area (Å²) in [7, 11) is 1.35. The number of aromatic nitrogens is 3. The molecule has 3 aromatic rings. The molecule has 1 aliphatic rings. The van der Waals surface area contributed by atoms with Crippen LogP contribution in [0.3, 0.4) is 0 Å². The fourth-order valence-corrected chi connectivity index (χ4v) is 4.85. The van der Waals surface area contributed by atoms with E-state index in [1.54, 1.807) is 4.90 Å². The molecule has 0 saturated carbocycles. The fourth-order valence-electron chi connectivity index (χ4n) is 3.83. The highest BCUT2D eigenvalue weighted by Crippen LogP contribution is 2.28. The number of ether oxygens (including phenoxy) is 1. The van der Waals surface area contributed by atoms with E-state index in [2.05, 4.69) is 10.2 Å². The van der Waals surface area contributed by atoms with Crippen molar-refractivity contribution in [2.45, 2.75) is 37.6 Å². The predicted octanol–water partition coefficient (Wildman–Crippen LogP) is 3.84. The van der Waals surface area contributed by atoms with E-state index in [0.29, 0.717) is 29.7 Å². The minimum atomic E-state index is -0.628. The minimum absolute atomic E-state index is 0.140. The summed E-state index contributed by atoms with van der Waals surface area (Å²) >= 11 is 7.31. The summed E-state index contributed by atoms with van der Waals surface area (Å²) < 4.78 is 6.93. The maximum absolute atomic E-state index is 13.2. The summed E-state index contributed by atoms with van der Waals surface area (Å²) in [6.07, 6.45) is 0.450. The third kappa shape index (κ3) is 4.52. The molecule has 0 saturated heterocycles. The molecule has 1 aliphatic heterocycles. The zero-order chi connectivity index (χ0) is 22.7. The Balaban J connectivity index is 1.51. The molecule has 2 heterocycles. The van der Waals surface area contributed by atoms with Crippen LogP contribution in [0.2, 0.25) is 5.02 Å². The number of carbonyl (C=O) groups excluding carboxylic acids is 2. The first-order valence-corrected chi connectivity index (χ1v) is 11.6. The van der Waals surface area contributed by atoms with Crippen molar-refractivity contribution < 1.29 is 14.3 Å². The Hall–Kier alpha value is -2.84. The van der Waals surface area contributed by atoms with Gasteiger partial charge in [0.25, 0.3) is 0 Å². The third-order valence-corrected chi connectivity index (χ3v) is 6.71. The Labute approximate surface area is 195 Å². The number of hydrogen-bond acceptors (Lipinski definition) is 6. The van der Waals surface area contributed by atoms with Gasteiger partial charge in [-0.3, -0.25) is 4.79 Å². The number of rotatable bonds is 6. The van der Waals surface area contributed by atoms with Gasteiger partial charge in [-0.1, -0.05) is 47.6 Å². The number of nitrogens with zero attached hydrogens (tertiary/aromatic N) is 4. The lowest BCUT2D eigenvalue weighted by atomic mass is 9.94. The molecule has 7 nitrogen and oxygen atoms in total. The number of fused-ring (bicyclic) bond motifs is 1. The number of carbonyl (C=O) groups is 2. The highest BCUT2D eigenvalue weighted by molar-refractivity contribution is 7.99.